The first-order valence-corrected chi connectivity index (χ1v) is 6.35. The van der Waals surface area contributed by atoms with E-state index in [0.29, 0.717) is 5.78 Å². The summed E-state index contributed by atoms with van der Waals surface area (Å²) in [5.41, 5.74) is 0. The quantitative estimate of drug-likeness (QED) is 0.616. The monoisotopic (exact) mass is 227 g/mol. The van der Waals surface area contributed by atoms with Gasteiger partial charge in [-0.25, -0.2) is 0 Å². The minimum absolute atomic E-state index is 0.0342. The largest absolute Gasteiger partial charge is 0.356 e. The van der Waals surface area contributed by atoms with Gasteiger partial charge in [-0.3, -0.25) is 9.59 Å². The molecule has 94 valence electrons. The van der Waals surface area contributed by atoms with Crippen LogP contribution in [0.1, 0.15) is 59.3 Å². The van der Waals surface area contributed by atoms with Gasteiger partial charge < -0.3 is 5.32 Å². The lowest BCUT2D eigenvalue weighted by atomic mass is 9.98. The molecule has 0 radical (unpaired) electrons. The number of Topliss-reactive ketones (excluding diaryl/α,β-unsaturated/α-hetero) is 1. The molecule has 1 atom stereocenters. The zero-order chi connectivity index (χ0) is 12.4. The lowest BCUT2D eigenvalue weighted by Gasteiger charge is -2.06. The molecule has 0 rings (SSSR count). The molecule has 3 nitrogen and oxygen atoms in total. The van der Waals surface area contributed by atoms with E-state index in [1.807, 2.05) is 6.92 Å². The molecular weight excluding hydrogens is 202 g/mol. The van der Waals surface area contributed by atoms with Crippen molar-refractivity contribution in [3.63, 3.8) is 0 Å². The fourth-order valence-corrected chi connectivity index (χ4v) is 1.52. The predicted molar refractivity (Wildman–Crippen MR) is 66.2 cm³/mol. The van der Waals surface area contributed by atoms with E-state index in [0.717, 1.165) is 45.1 Å². The number of rotatable bonds is 9. The highest BCUT2D eigenvalue weighted by Gasteiger charge is 2.09. The summed E-state index contributed by atoms with van der Waals surface area (Å²) in [6.45, 7) is 6.34. The van der Waals surface area contributed by atoms with Gasteiger partial charge in [0.05, 0.1) is 0 Å². The average molecular weight is 227 g/mol. The third-order valence-electron chi connectivity index (χ3n) is 2.89. The van der Waals surface area contributed by atoms with Gasteiger partial charge in [0.25, 0.3) is 0 Å². The molecule has 0 saturated carbocycles. The summed E-state index contributed by atoms with van der Waals surface area (Å²) in [4.78, 5) is 22.1. The number of carbonyl (C=O) groups excluding carboxylic acids is 2. The second-order valence-corrected chi connectivity index (χ2v) is 4.42. The molecule has 0 aliphatic heterocycles. The fraction of sp³-hybridized carbons (Fsp3) is 0.846. The fourth-order valence-electron chi connectivity index (χ4n) is 1.52. The highest BCUT2D eigenvalue weighted by Crippen LogP contribution is 2.10. The van der Waals surface area contributed by atoms with Gasteiger partial charge in [0, 0.05) is 25.8 Å². The Morgan fingerprint density at radius 2 is 1.75 bits per heavy atom. The summed E-state index contributed by atoms with van der Waals surface area (Å²) in [5, 5.41) is 2.77. The molecular formula is C13H25NO2. The number of ketones is 1. The topological polar surface area (TPSA) is 46.2 Å². The van der Waals surface area contributed by atoms with Gasteiger partial charge in [-0.05, 0) is 19.3 Å². The predicted octanol–water partition coefficient (Wildman–Crippen LogP) is 2.69. The van der Waals surface area contributed by atoms with E-state index in [1.165, 1.54) is 6.92 Å². The number of nitrogens with one attached hydrogen (secondary N) is 1. The molecule has 0 aromatic rings. The maximum Gasteiger partial charge on any atom is 0.216 e. The van der Waals surface area contributed by atoms with Crippen molar-refractivity contribution in [2.45, 2.75) is 59.3 Å². The summed E-state index contributed by atoms with van der Waals surface area (Å²) in [6.07, 6.45) is 5.84. The van der Waals surface area contributed by atoms with Gasteiger partial charge in [-0.1, -0.05) is 26.7 Å². The third-order valence-corrected chi connectivity index (χ3v) is 2.89. The van der Waals surface area contributed by atoms with E-state index in [9.17, 15) is 9.59 Å². The van der Waals surface area contributed by atoms with Crippen LogP contribution < -0.4 is 5.32 Å². The average Bonchev–Trinajstić information content (AvgIpc) is 2.25. The lowest BCUT2D eigenvalue weighted by Crippen LogP contribution is -2.20. The van der Waals surface area contributed by atoms with E-state index in [4.69, 9.17) is 0 Å². The molecule has 0 heterocycles. The first-order valence-electron chi connectivity index (χ1n) is 6.35. The molecule has 0 spiro atoms. The van der Waals surface area contributed by atoms with Crippen molar-refractivity contribution < 1.29 is 9.59 Å². The minimum atomic E-state index is 0.0342. The van der Waals surface area contributed by atoms with Crippen LogP contribution in [0.2, 0.25) is 0 Å². The van der Waals surface area contributed by atoms with Crippen LogP contribution in [-0.4, -0.2) is 18.2 Å². The molecule has 0 aliphatic rings. The van der Waals surface area contributed by atoms with Crippen LogP contribution in [-0.2, 0) is 9.59 Å². The van der Waals surface area contributed by atoms with Crippen molar-refractivity contribution in [2.24, 2.45) is 5.92 Å². The lowest BCUT2D eigenvalue weighted by molar-refractivity contribution is -0.122. The normalized spacial score (nSPS) is 12.2. The highest BCUT2D eigenvalue weighted by atomic mass is 16.1. The Morgan fingerprint density at radius 1 is 1.12 bits per heavy atom. The molecule has 0 aromatic carbocycles. The van der Waals surface area contributed by atoms with Crippen LogP contribution in [0.15, 0.2) is 0 Å². The molecule has 0 aliphatic carbocycles. The number of hydrogen-bond acceptors (Lipinski definition) is 2. The number of carbonyl (C=O) groups is 2. The van der Waals surface area contributed by atoms with Crippen molar-refractivity contribution in [3.8, 4) is 0 Å². The summed E-state index contributed by atoms with van der Waals surface area (Å²) >= 11 is 0. The SMILES string of the molecule is CCC(C)C(=O)CCCCCCNC(C)=O. The molecule has 0 saturated heterocycles. The second-order valence-electron chi connectivity index (χ2n) is 4.42. The van der Waals surface area contributed by atoms with Gasteiger partial charge in [0.15, 0.2) is 0 Å². The van der Waals surface area contributed by atoms with Gasteiger partial charge >= 0.3 is 0 Å². The number of unbranched alkanes of at least 4 members (excludes halogenated alkanes) is 3. The number of hydrogen-bond donors (Lipinski definition) is 1. The van der Waals surface area contributed by atoms with E-state index >= 15 is 0 Å². The molecule has 1 N–H and O–H groups in total. The van der Waals surface area contributed by atoms with Gasteiger partial charge in [0.2, 0.25) is 5.91 Å². The first kappa shape index (κ1) is 15.1. The Hall–Kier alpha value is -0.860. The van der Waals surface area contributed by atoms with E-state index in [-0.39, 0.29) is 11.8 Å². The van der Waals surface area contributed by atoms with Gasteiger partial charge in [-0.15, -0.1) is 0 Å². The molecule has 0 bridgehead atoms. The van der Waals surface area contributed by atoms with Crippen LogP contribution in [0.3, 0.4) is 0 Å². The van der Waals surface area contributed by atoms with Crippen LogP contribution in [0.4, 0.5) is 0 Å². The van der Waals surface area contributed by atoms with E-state index in [2.05, 4.69) is 12.2 Å². The van der Waals surface area contributed by atoms with Crippen molar-refractivity contribution in [1.82, 2.24) is 5.32 Å². The van der Waals surface area contributed by atoms with Crippen molar-refractivity contribution in [1.29, 1.82) is 0 Å². The maximum absolute atomic E-state index is 11.5. The zero-order valence-electron chi connectivity index (χ0n) is 10.8. The summed E-state index contributed by atoms with van der Waals surface area (Å²) in [7, 11) is 0. The molecule has 1 amide bonds. The molecule has 1 unspecified atom stereocenters. The molecule has 0 fully saturated rings. The smallest absolute Gasteiger partial charge is 0.216 e. The zero-order valence-corrected chi connectivity index (χ0v) is 10.8. The Labute approximate surface area is 99.0 Å². The van der Waals surface area contributed by atoms with Crippen molar-refractivity contribution in [3.05, 3.63) is 0 Å². The molecule has 3 heteroatoms. The summed E-state index contributed by atoms with van der Waals surface area (Å²) in [6, 6.07) is 0. The third kappa shape index (κ3) is 8.45. The number of amides is 1. The first-order chi connectivity index (χ1) is 7.57. The standard InChI is InChI=1S/C13H25NO2/c1-4-11(2)13(16)9-7-5-6-8-10-14-12(3)15/h11H,4-10H2,1-3H3,(H,14,15). The Balaban J connectivity index is 3.27. The van der Waals surface area contributed by atoms with Gasteiger partial charge in [-0.2, -0.15) is 0 Å². The summed E-state index contributed by atoms with van der Waals surface area (Å²) in [5.74, 6) is 0.649. The van der Waals surface area contributed by atoms with Crippen LogP contribution in [0, 0.1) is 5.92 Å². The maximum atomic E-state index is 11.5. The van der Waals surface area contributed by atoms with Crippen LogP contribution >= 0.6 is 0 Å². The molecule has 16 heavy (non-hydrogen) atoms. The van der Waals surface area contributed by atoms with Crippen molar-refractivity contribution in [2.75, 3.05) is 6.54 Å². The highest BCUT2D eigenvalue weighted by molar-refractivity contribution is 5.80. The van der Waals surface area contributed by atoms with Gasteiger partial charge in [0.1, 0.15) is 5.78 Å². The van der Waals surface area contributed by atoms with Crippen LogP contribution in [0.5, 0.6) is 0 Å². The Bertz CT molecular complexity index is 214. The Kier molecular flexibility index (Phi) is 8.87. The summed E-state index contributed by atoms with van der Waals surface area (Å²) < 4.78 is 0. The van der Waals surface area contributed by atoms with Crippen molar-refractivity contribution >= 4 is 11.7 Å². The Morgan fingerprint density at radius 3 is 2.31 bits per heavy atom. The molecule has 0 aromatic heterocycles. The minimum Gasteiger partial charge on any atom is -0.356 e. The van der Waals surface area contributed by atoms with Crippen LogP contribution in [0.25, 0.3) is 0 Å². The van der Waals surface area contributed by atoms with E-state index in [1.54, 1.807) is 0 Å². The second kappa shape index (κ2) is 9.37. The van der Waals surface area contributed by atoms with E-state index < -0.39 is 0 Å².